The second-order valence-electron chi connectivity index (χ2n) is 5.27. The summed E-state index contributed by atoms with van der Waals surface area (Å²) in [5.41, 5.74) is 2.30. The third-order valence-corrected chi connectivity index (χ3v) is 3.90. The Balaban J connectivity index is 2.18. The lowest BCUT2D eigenvalue weighted by molar-refractivity contribution is -0.114. The van der Waals surface area contributed by atoms with Gasteiger partial charge in [-0.1, -0.05) is 6.07 Å². The summed E-state index contributed by atoms with van der Waals surface area (Å²) in [6.45, 7) is 3.42. The van der Waals surface area contributed by atoms with Crippen molar-refractivity contribution >= 4 is 11.7 Å². The second kappa shape index (κ2) is 5.75. The van der Waals surface area contributed by atoms with Gasteiger partial charge in [0.25, 0.3) is 0 Å². The van der Waals surface area contributed by atoms with Crippen LogP contribution in [-0.4, -0.2) is 34.8 Å². The van der Waals surface area contributed by atoms with Crippen molar-refractivity contribution in [1.82, 2.24) is 14.8 Å². The van der Waals surface area contributed by atoms with E-state index in [1.165, 1.54) is 6.33 Å². The Bertz CT molecular complexity index is 794. The molecule has 0 saturated carbocycles. The van der Waals surface area contributed by atoms with E-state index in [4.69, 9.17) is 9.47 Å². The van der Waals surface area contributed by atoms with Gasteiger partial charge in [-0.3, -0.25) is 4.79 Å². The van der Waals surface area contributed by atoms with Gasteiger partial charge in [0.1, 0.15) is 12.4 Å². The SMILES string of the molecule is COc1ccc([C@@H]2C(C(C)=O)=C(C)Nc3ncnn32)cc1OC. The van der Waals surface area contributed by atoms with Crippen LogP contribution in [0.1, 0.15) is 25.5 Å². The number of anilines is 1. The number of carbonyl (C=O) groups is 1. The van der Waals surface area contributed by atoms with Crippen LogP contribution in [0.25, 0.3) is 0 Å². The van der Waals surface area contributed by atoms with Crippen molar-refractivity contribution in [3.63, 3.8) is 0 Å². The highest BCUT2D eigenvalue weighted by molar-refractivity contribution is 5.96. The molecule has 23 heavy (non-hydrogen) atoms. The molecule has 0 saturated heterocycles. The van der Waals surface area contributed by atoms with Gasteiger partial charge < -0.3 is 14.8 Å². The molecule has 0 spiro atoms. The molecule has 1 aromatic carbocycles. The van der Waals surface area contributed by atoms with E-state index in [1.807, 2.05) is 25.1 Å². The average Bonchev–Trinajstić information content (AvgIpc) is 3.00. The summed E-state index contributed by atoms with van der Waals surface area (Å²) in [5.74, 6) is 1.82. The third-order valence-electron chi connectivity index (χ3n) is 3.90. The van der Waals surface area contributed by atoms with Crippen molar-refractivity contribution < 1.29 is 14.3 Å². The Morgan fingerprint density at radius 2 is 2.00 bits per heavy atom. The quantitative estimate of drug-likeness (QED) is 0.932. The highest BCUT2D eigenvalue weighted by Gasteiger charge is 2.32. The largest absolute Gasteiger partial charge is 0.493 e. The lowest BCUT2D eigenvalue weighted by Gasteiger charge is -2.28. The van der Waals surface area contributed by atoms with Crippen LogP contribution in [0.2, 0.25) is 0 Å². The topological polar surface area (TPSA) is 78.3 Å². The predicted octanol–water partition coefficient (Wildman–Crippen LogP) is 2.17. The van der Waals surface area contributed by atoms with E-state index in [-0.39, 0.29) is 11.8 Å². The lowest BCUT2D eigenvalue weighted by Crippen LogP contribution is -2.27. The smallest absolute Gasteiger partial charge is 0.226 e. The molecule has 2 heterocycles. The van der Waals surface area contributed by atoms with Crippen molar-refractivity contribution in [3.8, 4) is 11.5 Å². The van der Waals surface area contributed by atoms with Gasteiger partial charge in [0, 0.05) is 11.3 Å². The van der Waals surface area contributed by atoms with E-state index in [0.29, 0.717) is 23.0 Å². The van der Waals surface area contributed by atoms with Crippen LogP contribution < -0.4 is 14.8 Å². The van der Waals surface area contributed by atoms with Gasteiger partial charge in [-0.2, -0.15) is 10.1 Å². The van der Waals surface area contributed by atoms with E-state index >= 15 is 0 Å². The molecular weight excluding hydrogens is 296 g/mol. The predicted molar refractivity (Wildman–Crippen MR) is 84.7 cm³/mol. The molecular formula is C16H18N4O3. The number of Topliss-reactive ketones (excluding diaryl/α,β-unsaturated/α-hetero) is 1. The molecule has 1 aromatic heterocycles. The van der Waals surface area contributed by atoms with Crippen LogP contribution in [0.4, 0.5) is 5.95 Å². The Kier molecular flexibility index (Phi) is 3.77. The standard InChI is InChI=1S/C16H18N4O3/c1-9-14(10(2)21)15(20-16(19-9)17-8-18-20)11-5-6-12(22-3)13(7-11)23-4/h5-8,15H,1-4H3,(H,17,18,19)/t15-/m1/s1. The minimum Gasteiger partial charge on any atom is -0.493 e. The summed E-state index contributed by atoms with van der Waals surface area (Å²) < 4.78 is 12.3. The molecule has 0 aliphatic carbocycles. The number of aromatic nitrogens is 3. The lowest BCUT2D eigenvalue weighted by atomic mass is 9.93. The summed E-state index contributed by atoms with van der Waals surface area (Å²) in [6, 6.07) is 5.22. The normalized spacial score (nSPS) is 16.6. The maximum Gasteiger partial charge on any atom is 0.226 e. The highest BCUT2D eigenvalue weighted by atomic mass is 16.5. The van der Waals surface area contributed by atoms with Crippen molar-refractivity contribution in [1.29, 1.82) is 0 Å². The fraction of sp³-hybridized carbons (Fsp3) is 0.312. The summed E-state index contributed by atoms with van der Waals surface area (Å²) >= 11 is 0. The highest BCUT2D eigenvalue weighted by Crippen LogP contribution is 2.38. The van der Waals surface area contributed by atoms with E-state index in [9.17, 15) is 4.79 Å². The number of ketones is 1. The maximum absolute atomic E-state index is 12.2. The van der Waals surface area contributed by atoms with Crippen LogP contribution in [-0.2, 0) is 4.79 Å². The molecule has 1 atom stereocenters. The van der Waals surface area contributed by atoms with Gasteiger partial charge in [-0.05, 0) is 31.5 Å². The Morgan fingerprint density at radius 1 is 1.26 bits per heavy atom. The van der Waals surface area contributed by atoms with Crippen LogP contribution in [0, 0.1) is 0 Å². The van der Waals surface area contributed by atoms with E-state index in [0.717, 1.165) is 11.3 Å². The van der Waals surface area contributed by atoms with Gasteiger partial charge >= 0.3 is 0 Å². The summed E-state index contributed by atoms with van der Waals surface area (Å²) in [5, 5.41) is 7.38. The second-order valence-corrected chi connectivity index (χ2v) is 5.27. The summed E-state index contributed by atoms with van der Waals surface area (Å²) in [6.07, 6.45) is 1.46. The van der Waals surface area contributed by atoms with E-state index in [2.05, 4.69) is 15.4 Å². The number of rotatable bonds is 4. The Labute approximate surface area is 133 Å². The van der Waals surface area contributed by atoms with Crippen molar-refractivity contribution in [2.75, 3.05) is 19.5 Å². The third kappa shape index (κ3) is 2.44. The minimum atomic E-state index is -0.356. The first-order valence-corrected chi connectivity index (χ1v) is 7.17. The van der Waals surface area contributed by atoms with Crippen LogP contribution in [0.5, 0.6) is 11.5 Å². The van der Waals surface area contributed by atoms with Crippen LogP contribution in [0.15, 0.2) is 35.8 Å². The first-order chi connectivity index (χ1) is 11.1. The number of hydrogen-bond donors (Lipinski definition) is 1. The summed E-state index contributed by atoms with van der Waals surface area (Å²) in [4.78, 5) is 16.4. The molecule has 2 aromatic rings. The van der Waals surface area contributed by atoms with Gasteiger partial charge in [0.15, 0.2) is 17.3 Å². The molecule has 0 fully saturated rings. The number of hydrogen-bond acceptors (Lipinski definition) is 6. The molecule has 7 heteroatoms. The van der Waals surface area contributed by atoms with E-state index in [1.54, 1.807) is 25.8 Å². The molecule has 0 bridgehead atoms. The average molecular weight is 314 g/mol. The number of allylic oxidation sites excluding steroid dienone is 2. The maximum atomic E-state index is 12.2. The number of benzene rings is 1. The molecule has 120 valence electrons. The Hall–Kier alpha value is -2.83. The molecule has 3 rings (SSSR count). The first kappa shape index (κ1) is 15.1. The first-order valence-electron chi connectivity index (χ1n) is 7.17. The molecule has 1 aliphatic rings. The molecule has 7 nitrogen and oxygen atoms in total. The number of fused-ring (bicyclic) bond motifs is 1. The minimum absolute atomic E-state index is 0.0177. The number of nitrogens with one attached hydrogen (secondary N) is 1. The van der Waals surface area contributed by atoms with Crippen LogP contribution >= 0.6 is 0 Å². The summed E-state index contributed by atoms with van der Waals surface area (Å²) in [7, 11) is 3.17. The van der Waals surface area contributed by atoms with Gasteiger partial charge in [0.2, 0.25) is 5.95 Å². The number of nitrogens with zero attached hydrogens (tertiary/aromatic N) is 3. The fourth-order valence-corrected chi connectivity index (χ4v) is 2.88. The molecule has 1 N–H and O–H groups in total. The molecule has 0 unspecified atom stereocenters. The number of ether oxygens (including phenoxy) is 2. The molecule has 1 aliphatic heterocycles. The van der Waals surface area contributed by atoms with E-state index < -0.39 is 0 Å². The molecule has 0 amide bonds. The van der Waals surface area contributed by atoms with Gasteiger partial charge in [-0.25, -0.2) is 4.68 Å². The van der Waals surface area contributed by atoms with Crippen molar-refractivity contribution in [2.24, 2.45) is 0 Å². The molecule has 0 radical (unpaired) electrons. The zero-order valence-corrected chi connectivity index (χ0v) is 13.5. The van der Waals surface area contributed by atoms with Crippen LogP contribution in [0.3, 0.4) is 0 Å². The van der Waals surface area contributed by atoms with Gasteiger partial charge in [-0.15, -0.1) is 0 Å². The Morgan fingerprint density at radius 3 is 2.65 bits per heavy atom. The van der Waals surface area contributed by atoms with Crippen molar-refractivity contribution in [3.05, 3.63) is 41.4 Å². The monoisotopic (exact) mass is 314 g/mol. The zero-order valence-electron chi connectivity index (χ0n) is 13.5. The zero-order chi connectivity index (χ0) is 16.6. The van der Waals surface area contributed by atoms with Crippen molar-refractivity contribution in [2.45, 2.75) is 19.9 Å². The fourth-order valence-electron chi connectivity index (χ4n) is 2.88. The number of carbonyl (C=O) groups excluding carboxylic acids is 1. The number of methoxy groups -OCH3 is 2. The van der Waals surface area contributed by atoms with Gasteiger partial charge in [0.05, 0.1) is 14.2 Å².